The van der Waals surface area contributed by atoms with Gasteiger partial charge in [-0.05, 0) is 38.1 Å². The minimum Gasteiger partial charge on any atom is -0.383 e. The predicted octanol–water partition coefficient (Wildman–Crippen LogP) is 3.47. The van der Waals surface area contributed by atoms with E-state index in [-0.39, 0.29) is 17.2 Å². The molecule has 0 spiro atoms. The molecule has 2 aromatic rings. The molecule has 26 heavy (non-hydrogen) atoms. The topological polar surface area (TPSA) is 57.7 Å². The summed E-state index contributed by atoms with van der Waals surface area (Å²) in [6.07, 6.45) is 3.12. The summed E-state index contributed by atoms with van der Waals surface area (Å²) in [5, 5.41) is 0. The number of rotatable bonds is 7. The maximum atomic E-state index is 13.0. The molecule has 0 bridgehead atoms. The maximum Gasteiger partial charge on any atom is 0.264 e. The first-order chi connectivity index (χ1) is 12.3. The van der Waals surface area contributed by atoms with Crippen LogP contribution < -0.4 is 4.31 Å². The molecule has 0 amide bonds. The van der Waals surface area contributed by atoms with Crippen molar-refractivity contribution in [2.45, 2.75) is 18.7 Å². The molecule has 0 atom stereocenters. The summed E-state index contributed by atoms with van der Waals surface area (Å²) in [6, 6.07) is 13.4. The molecule has 0 heterocycles. The maximum absolute atomic E-state index is 13.0. The molecule has 0 N–H and O–H groups in total. The van der Waals surface area contributed by atoms with E-state index in [4.69, 9.17) is 0 Å². The highest BCUT2D eigenvalue weighted by Crippen LogP contribution is 2.25. The monoisotopic (exact) mass is 372 g/mol. The van der Waals surface area contributed by atoms with E-state index in [1.165, 1.54) is 10.4 Å². The van der Waals surface area contributed by atoms with E-state index >= 15 is 0 Å². The zero-order valence-corrected chi connectivity index (χ0v) is 16.3. The van der Waals surface area contributed by atoms with Crippen molar-refractivity contribution in [3.05, 3.63) is 71.9 Å². The Kier molecular flexibility index (Phi) is 6.21. The third-order valence-corrected chi connectivity index (χ3v) is 5.76. The van der Waals surface area contributed by atoms with Crippen LogP contribution in [0.4, 0.5) is 5.69 Å². The van der Waals surface area contributed by atoms with Crippen molar-refractivity contribution in [2.75, 3.05) is 24.9 Å². The van der Waals surface area contributed by atoms with Crippen LogP contribution in [0, 0.1) is 6.92 Å². The van der Waals surface area contributed by atoms with Gasteiger partial charge >= 0.3 is 0 Å². The largest absolute Gasteiger partial charge is 0.383 e. The molecule has 138 valence electrons. The van der Waals surface area contributed by atoms with E-state index in [1.54, 1.807) is 66.6 Å². The highest BCUT2D eigenvalue weighted by molar-refractivity contribution is 7.92. The fraction of sp³-hybridized carbons (Fsp3) is 0.250. The van der Waals surface area contributed by atoms with Gasteiger partial charge in [-0.3, -0.25) is 9.10 Å². The van der Waals surface area contributed by atoms with Crippen LogP contribution >= 0.6 is 0 Å². The minimum atomic E-state index is -3.69. The number of benzene rings is 2. The SMILES string of the molecule is CCN(c1cccc(C(=O)/C=C/N(C)C)c1)S(=O)(=O)c1ccc(C)cc1. The van der Waals surface area contributed by atoms with Crippen LogP contribution in [-0.2, 0) is 10.0 Å². The van der Waals surface area contributed by atoms with Crippen LogP contribution in [-0.4, -0.2) is 39.7 Å². The fourth-order valence-electron chi connectivity index (χ4n) is 2.46. The van der Waals surface area contributed by atoms with E-state index in [0.29, 0.717) is 11.3 Å². The molecule has 5 nitrogen and oxygen atoms in total. The van der Waals surface area contributed by atoms with Crippen molar-refractivity contribution in [3.8, 4) is 0 Å². The summed E-state index contributed by atoms with van der Waals surface area (Å²) in [4.78, 5) is 14.3. The van der Waals surface area contributed by atoms with Gasteiger partial charge in [0.15, 0.2) is 5.78 Å². The van der Waals surface area contributed by atoms with Gasteiger partial charge in [0.05, 0.1) is 10.6 Å². The van der Waals surface area contributed by atoms with Crippen LogP contribution in [0.2, 0.25) is 0 Å². The number of anilines is 1. The van der Waals surface area contributed by atoms with Crippen LogP contribution in [0.3, 0.4) is 0 Å². The second kappa shape index (κ2) is 8.19. The molecule has 0 aliphatic rings. The van der Waals surface area contributed by atoms with Crippen molar-refractivity contribution in [1.29, 1.82) is 0 Å². The Morgan fingerprint density at radius 3 is 2.31 bits per heavy atom. The number of carbonyl (C=O) groups excluding carboxylic acids is 1. The lowest BCUT2D eigenvalue weighted by Crippen LogP contribution is -2.30. The molecule has 0 unspecified atom stereocenters. The summed E-state index contributed by atoms with van der Waals surface area (Å²) in [6.45, 7) is 3.94. The Balaban J connectivity index is 2.40. The van der Waals surface area contributed by atoms with Gasteiger partial charge in [-0.1, -0.05) is 29.8 Å². The number of hydrogen-bond donors (Lipinski definition) is 0. The number of ketones is 1. The summed E-state index contributed by atoms with van der Waals surface area (Å²) in [5.41, 5.74) is 1.91. The predicted molar refractivity (Wildman–Crippen MR) is 105 cm³/mol. The minimum absolute atomic E-state index is 0.177. The average molecular weight is 372 g/mol. The van der Waals surface area contributed by atoms with E-state index in [0.717, 1.165) is 5.56 Å². The van der Waals surface area contributed by atoms with Crippen molar-refractivity contribution >= 4 is 21.5 Å². The van der Waals surface area contributed by atoms with Gasteiger partial charge in [0, 0.05) is 38.5 Å². The number of nitrogens with zero attached hydrogens (tertiary/aromatic N) is 2. The molecule has 0 aromatic heterocycles. The first-order valence-corrected chi connectivity index (χ1v) is 9.78. The van der Waals surface area contributed by atoms with E-state index in [2.05, 4.69) is 0 Å². The van der Waals surface area contributed by atoms with Gasteiger partial charge < -0.3 is 4.90 Å². The third-order valence-electron chi connectivity index (χ3n) is 3.84. The number of allylic oxidation sites excluding steroid dienone is 1. The normalized spacial score (nSPS) is 11.5. The van der Waals surface area contributed by atoms with Crippen LogP contribution in [0.1, 0.15) is 22.8 Å². The zero-order chi connectivity index (χ0) is 19.3. The first-order valence-electron chi connectivity index (χ1n) is 8.34. The summed E-state index contributed by atoms with van der Waals surface area (Å²) in [5.74, 6) is -0.177. The summed E-state index contributed by atoms with van der Waals surface area (Å²) >= 11 is 0. The Hall–Kier alpha value is -2.60. The zero-order valence-electron chi connectivity index (χ0n) is 15.5. The van der Waals surface area contributed by atoms with Gasteiger partial charge in [-0.15, -0.1) is 0 Å². The van der Waals surface area contributed by atoms with Gasteiger partial charge in [-0.25, -0.2) is 8.42 Å². The van der Waals surface area contributed by atoms with Crippen LogP contribution in [0.25, 0.3) is 0 Å². The lowest BCUT2D eigenvalue weighted by atomic mass is 10.1. The molecule has 2 rings (SSSR count). The van der Waals surface area contributed by atoms with Crippen LogP contribution in [0.15, 0.2) is 65.7 Å². The van der Waals surface area contributed by atoms with Gasteiger partial charge in [0.1, 0.15) is 0 Å². The van der Waals surface area contributed by atoms with Crippen molar-refractivity contribution in [2.24, 2.45) is 0 Å². The smallest absolute Gasteiger partial charge is 0.264 e. The quantitative estimate of drug-likeness (QED) is 0.552. The Morgan fingerprint density at radius 2 is 1.73 bits per heavy atom. The molecular weight excluding hydrogens is 348 g/mol. The molecular formula is C20H24N2O3S. The van der Waals surface area contributed by atoms with Crippen LogP contribution in [0.5, 0.6) is 0 Å². The standard InChI is InChI=1S/C20H24N2O3S/c1-5-22(26(24,25)19-11-9-16(2)10-12-19)18-8-6-7-17(15-18)20(23)13-14-21(3)4/h6-15H,5H2,1-4H3/b14-13+. The fourth-order valence-corrected chi connectivity index (χ4v) is 3.92. The number of sulfonamides is 1. The third kappa shape index (κ3) is 4.52. The van der Waals surface area contributed by atoms with Gasteiger partial charge in [-0.2, -0.15) is 0 Å². The van der Waals surface area contributed by atoms with E-state index in [9.17, 15) is 13.2 Å². The molecule has 0 aliphatic heterocycles. The summed E-state index contributed by atoms with van der Waals surface area (Å²) in [7, 11) is -0.0402. The van der Waals surface area contributed by atoms with Crippen molar-refractivity contribution in [1.82, 2.24) is 4.90 Å². The molecule has 0 radical (unpaired) electrons. The van der Waals surface area contributed by atoms with Crippen molar-refractivity contribution in [3.63, 3.8) is 0 Å². The Morgan fingerprint density at radius 1 is 1.08 bits per heavy atom. The lowest BCUT2D eigenvalue weighted by Gasteiger charge is -2.23. The number of carbonyl (C=O) groups is 1. The Bertz CT molecular complexity index is 901. The van der Waals surface area contributed by atoms with Gasteiger partial charge in [0.25, 0.3) is 10.0 Å². The molecule has 0 aliphatic carbocycles. The molecule has 6 heteroatoms. The van der Waals surface area contributed by atoms with Gasteiger partial charge in [0.2, 0.25) is 0 Å². The molecule has 0 saturated heterocycles. The molecule has 0 fully saturated rings. The highest BCUT2D eigenvalue weighted by Gasteiger charge is 2.23. The van der Waals surface area contributed by atoms with E-state index < -0.39 is 10.0 Å². The highest BCUT2D eigenvalue weighted by atomic mass is 32.2. The van der Waals surface area contributed by atoms with Crippen molar-refractivity contribution < 1.29 is 13.2 Å². The lowest BCUT2D eigenvalue weighted by molar-refractivity contribution is 0.104. The molecule has 2 aromatic carbocycles. The van der Waals surface area contributed by atoms with E-state index in [1.807, 2.05) is 21.0 Å². The average Bonchev–Trinajstić information content (AvgIpc) is 2.60. The first kappa shape index (κ1) is 19.7. The second-order valence-corrected chi connectivity index (χ2v) is 8.04. The second-order valence-electron chi connectivity index (χ2n) is 6.18. The Labute approximate surface area is 155 Å². The summed E-state index contributed by atoms with van der Waals surface area (Å²) < 4.78 is 27.3. The number of aryl methyl sites for hydroxylation is 1. The molecule has 0 saturated carbocycles. The number of hydrogen-bond acceptors (Lipinski definition) is 4.